The lowest BCUT2D eigenvalue weighted by molar-refractivity contribution is 0.426. The van der Waals surface area contributed by atoms with Crippen LogP contribution >= 0.6 is 11.8 Å². The van der Waals surface area contributed by atoms with E-state index in [1.54, 1.807) is 13.2 Å². The van der Waals surface area contributed by atoms with Crippen molar-refractivity contribution in [3.05, 3.63) is 22.6 Å². The van der Waals surface area contributed by atoms with Crippen molar-refractivity contribution in [2.45, 2.75) is 13.3 Å². The number of aromatic hydroxyl groups is 2. The maximum absolute atomic E-state index is 9.70. The van der Waals surface area contributed by atoms with Gasteiger partial charge in [0, 0.05) is 11.6 Å². The number of rotatable bonds is 2. The van der Waals surface area contributed by atoms with E-state index in [4.69, 9.17) is 5.73 Å². The predicted molar refractivity (Wildman–Crippen MR) is 66.5 cm³/mol. The molecule has 0 spiro atoms. The van der Waals surface area contributed by atoms with E-state index in [-0.39, 0.29) is 22.5 Å². The topological polar surface area (TPSA) is 86.7 Å². The Morgan fingerprint density at radius 3 is 2.19 bits per heavy atom. The van der Waals surface area contributed by atoms with Crippen molar-refractivity contribution in [3.8, 4) is 11.5 Å². The van der Waals surface area contributed by atoms with Crippen molar-refractivity contribution in [3.63, 3.8) is 0 Å². The van der Waals surface area contributed by atoms with Gasteiger partial charge in [-0.25, -0.2) is 0 Å². The second-order valence-corrected chi connectivity index (χ2v) is 4.11. The SMILES string of the molecule is CCC(O)=c1c(O)cc(=C(N)SC)cc1O. The molecular weight excluding hydrogens is 226 g/mol. The van der Waals surface area contributed by atoms with Gasteiger partial charge in [0.25, 0.3) is 0 Å². The van der Waals surface area contributed by atoms with Gasteiger partial charge >= 0.3 is 0 Å². The molecule has 0 saturated heterocycles. The number of aliphatic hydroxyl groups excluding tert-OH is 1. The van der Waals surface area contributed by atoms with Gasteiger partial charge in [-0.15, -0.1) is 11.8 Å². The minimum atomic E-state index is -0.175. The number of hydrogen-bond acceptors (Lipinski definition) is 5. The number of thioether (sulfide) groups is 1. The lowest BCUT2D eigenvalue weighted by atomic mass is 10.2. The van der Waals surface area contributed by atoms with Crippen LogP contribution < -0.4 is 16.2 Å². The van der Waals surface area contributed by atoms with Crippen molar-refractivity contribution in [2.75, 3.05) is 6.26 Å². The summed E-state index contributed by atoms with van der Waals surface area (Å²) in [5.41, 5.74) is 5.68. The molecule has 0 aliphatic rings. The fourth-order valence-electron chi connectivity index (χ4n) is 1.34. The molecule has 0 heterocycles. The average Bonchev–Trinajstić information content (AvgIpc) is 2.26. The zero-order valence-electron chi connectivity index (χ0n) is 9.19. The number of hydrogen-bond donors (Lipinski definition) is 4. The molecule has 5 heteroatoms. The Kier molecular flexibility index (Phi) is 3.95. The van der Waals surface area contributed by atoms with Crippen molar-refractivity contribution < 1.29 is 15.3 Å². The van der Waals surface area contributed by atoms with Gasteiger partial charge in [0.2, 0.25) is 0 Å². The summed E-state index contributed by atoms with van der Waals surface area (Å²) in [5, 5.41) is 30.0. The minimum Gasteiger partial charge on any atom is -0.511 e. The van der Waals surface area contributed by atoms with E-state index in [9.17, 15) is 15.3 Å². The Bertz CT molecular complexity index is 481. The van der Waals surface area contributed by atoms with E-state index in [0.29, 0.717) is 16.7 Å². The van der Waals surface area contributed by atoms with Gasteiger partial charge in [-0.3, -0.25) is 0 Å². The van der Waals surface area contributed by atoms with Crippen molar-refractivity contribution >= 4 is 22.6 Å². The van der Waals surface area contributed by atoms with Crippen molar-refractivity contribution in [1.29, 1.82) is 0 Å². The van der Waals surface area contributed by atoms with Crippen molar-refractivity contribution in [1.82, 2.24) is 0 Å². The van der Waals surface area contributed by atoms with Gasteiger partial charge in [0.15, 0.2) is 0 Å². The molecule has 0 bridgehead atoms. The highest BCUT2D eigenvalue weighted by Gasteiger charge is 2.05. The van der Waals surface area contributed by atoms with Gasteiger partial charge in [-0.1, -0.05) is 6.92 Å². The fourth-order valence-corrected chi connectivity index (χ4v) is 1.70. The number of aliphatic hydroxyl groups is 1. The van der Waals surface area contributed by atoms with Crippen LogP contribution in [-0.2, 0) is 0 Å². The minimum absolute atomic E-state index is 0.0516. The molecule has 1 aromatic rings. The van der Waals surface area contributed by atoms with Crippen LogP contribution in [0.5, 0.6) is 11.5 Å². The normalized spacial score (nSPS) is 10.1. The van der Waals surface area contributed by atoms with Crippen LogP contribution in [0, 0.1) is 0 Å². The maximum Gasteiger partial charge on any atom is 0.130 e. The zero-order chi connectivity index (χ0) is 12.3. The van der Waals surface area contributed by atoms with Gasteiger partial charge in [0.05, 0.1) is 10.2 Å². The Morgan fingerprint density at radius 1 is 1.31 bits per heavy atom. The molecular formula is C11H15NO3S. The van der Waals surface area contributed by atoms with Crippen molar-refractivity contribution in [2.24, 2.45) is 5.73 Å². The van der Waals surface area contributed by atoms with Crippen LogP contribution in [-0.4, -0.2) is 21.6 Å². The average molecular weight is 241 g/mol. The number of phenols is 2. The lowest BCUT2D eigenvalue weighted by Gasteiger charge is -2.03. The number of nitrogens with two attached hydrogens (primary N) is 1. The highest BCUT2D eigenvalue weighted by atomic mass is 32.2. The first-order chi connectivity index (χ1) is 7.51. The second-order valence-electron chi connectivity index (χ2n) is 3.26. The fraction of sp³-hybridized carbons (Fsp3) is 0.273. The van der Waals surface area contributed by atoms with E-state index in [2.05, 4.69) is 0 Å². The summed E-state index contributed by atoms with van der Waals surface area (Å²) in [6.45, 7) is 1.73. The molecule has 0 unspecified atom stereocenters. The first kappa shape index (κ1) is 12.6. The maximum atomic E-state index is 9.70. The third-order valence-electron chi connectivity index (χ3n) is 2.22. The molecule has 0 amide bonds. The predicted octanol–water partition coefficient (Wildman–Crippen LogP) is 0.561. The summed E-state index contributed by atoms with van der Waals surface area (Å²) in [6.07, 6.45) is 2.13. The van der Waals surface area contributed by atoms with Crippen LogP contribution in [0.1, 0.15) is 13.3 Å². The Balaban J connectivity index is 3.66. The van der Waals surface area contributed by atoms with E-state index >= 15 is 0 Å². The van der Waals surface area contributed by atoms with Gasteiger partial charge < -0.3 is 21.1 Å². The first-order valence-electron chi connectivity index (χ1n) is 4.79. The standard InChI is InChI=1S/C11H15NO3S/c1-3-7(13)10-8(14)4-6(5-9(10)15)11(12)16-2/h4-5,13-15H,3,12H2,1-2H3. The molecule has 5 N–H and O–H groups in total. The Hall–Kier alpha value is -1.49. The number of benzene rings is 1. The van der Waals surface area contributed by atoms with E-state index in [1.807, 2.05) is 0 Å². The van der Waals surface area contributed by atoms with Gasteiger partial charge in [0.1, 0.15) is 17.3 Å². The highest BCUT2D eigenvalue weighted by Crippen LogP contribution is 2.11. The molecule has 0 fully saturated rings. The van der Waals surface area contributed by atoms with Gasteiger partial charge in [-0.2, -0.15) is 0 Å². The summed E-state index contributed by atoms with van der Waals surface area (Å²) in [6, 6.07) is 2.85. The zero-order valence-corrected chi connectivity index (χ0v) is 10.0. The number of phenolic OH excluding ortho intramolecular Hbond substituents is 2. The Morgan fingerprint density at radius 2 is 1.81 bits per heavy atom. The monoisotopic (exact) mass is 241 g/mol. The molecule has 1 rings (SSSR count). The molecule has 4 nitrogen and oxygen atoms in total. The first-order valence-corrected chi connectivity index (χ1v) is 6.01. The largest absolute Gasteiger partial charge is 0.511 e. The Labute approximate surface area is 97.7 Å². The smallest absolute Gasteiger partial charge is 0.130 e. The summed E-state index contributed by atoms with van der Waals surface area (Å²) in [4.78, 5) is 0. The molecule has 0 radical (unpaired) electrons. The summed E-state index contributed by atoms with van der Waals surface area (Å²) >= 11 is 1.32. The quantitative estimate of drug-likeness (QED) is 0.608. The molecule has 0 saturated carbocycles. The van der Waals surface area contributed by atoms with Gasteiger partial charge in [-0.05, 0) is 18.4 Å². The van der Waals surface area contributed by atoms with E-state index in [1.165, 1.54) is 23.9 Å². The molecule has 88 valence electrons. The molecule has 0 aliphatic carbocycles. The van der Waals surface area contributed by atoms with E-state index < -0.39 is 0 Å². The molecule has 16 heavy (non-hydrogen) atoms. The molecule has 0 aliphatic heterocycles. The van der Waals surface area contributed by atoms with Crippen LogP contribution in [0.4, 0.5) is 0 Å². The van der Waals surface area contributed by atoms with Crippen LogP contribution in [0.3, 0.4) is 0 Å². The third kappa shape index (κ3) is 2.36. The lowest BCUT2D eigenvalue weighted by Crippen LogP contribution is -2.16. The third-order valence-corrected chi connectivity index (χ3v) is 2.90. The second kappa shape index (κ2) is 5.03. The molecule has 0 aromatic heterocycles. The molecule has 1 aromatic carbocycles. The summed E-state index contributed by atoms with van der Waals surface area (Å²) in [5.74, 6) is -0.401. The van der Waals surface area contributed by atoms with E-state index in [0.717, 1.165) is 0 Å². The summed E-state index contributed by atoms with van der Waals surface area (Å²) < 4.78 is 0. The summed E-state index contributed by atoms with van der Waals surface area (Å²) in [7, 11) is 0. The van der Waals surface area contributed by atoms with Crippen LogP contribution in [0.25, 0.3) is 10.8 Å². The van der Waals surface area contributed by atoms with Crippen LogP contribution in [0.2, 0.25) is 0 Å². The highest BCUT2D eigenvalue weighted by molar-refractivity contribution is 8.07. The van der Waals surface area contributed by atoms with Crippen LogP contribution in [0.15, 0.2) is 12.1 Å². The molecule has 0 atom stereocenters.